The number of piperidine rings is 1. The highest BCUT2D eigenvalue weighted by molar-refractivity contribution is 7.89. The van der Waals surface area contributed by atoms with E-state index in [0.717, 1.165) is 6.42 Å². The Morgan fingerprint density at radius 1 is 1.23 bits per heavy atom. The summed E-state index contributed by atoms with van der Waals surface area (Å²) in [4.78, 5) is 11.0. The van der Waals surface area contributed by atoms with Gasteiger partial charge in [0, 0.05) is 26.1 Å². The van der Waals surface area contributed by atoms with Crippen LogP contribution in [0, 0.1) is 0 Å². The molecule has 6 heteroatoms. The Kier molecular flexibility index (Phi) is 5.97. The third kappa shape index (κ3) is 5.10. The summed E-state index contributed by atoms with van der Waals surface area (Å²) in [5.41, 5.74) is 1.17. The van der Waals surface area contributed by atoms with Crippen LogP contribution in [0.1, 0.15) is 31.7 Å². The highest BCUT2D eigenvalue weighted by atomic mass is 32.2. The largest absolute Gasteiger partial charge is 0.354 e. The van der Waals surface area contributed by atoms with Gasteiger partial charge in [-0.25, -0.2) is 12.7 Å². The summed E-state index contributed by atoms with van der Waals surface area (Å²) in [5.74, 6) is 0.136. The molecule has 0 aromatic heterocycles. The van der Waals surface area contributed by atoms with Crippen molar-refractivity contribution in [1.82, 2.24) is 9.62 Å². The van der Waals surface area contributed by atoms with Crippen molar-refractivity contribution in [2.75, 3.05) is 18.8 Å². The molecule has 1 heterocycles. The molecule has 0 saturated carbocycles. The number of rotatable bonds is 6. The Hall–Kier alpha value is -1.40. The SMILES string of the molecule is CC(=O)NC1CCN(S(=O)(=O)CCCc2ccccc2)CC1. The molecule has 1 aromatic carbocycles. The van der Waals surface area contributed by atoms with Crippen molar-refractivity contribution in [3.63, 3.8) is 0 Å². The van der Waals surface area contributed by atoms with Crippen molar-refractivity contribution in [1.29, 1.82) is 0 Å². The topological polar surface area (TPSA) is 66.5 Å². The number of nitrogens with one attached hydrogen (secondary N) is 1. The van der Waals surface area contributed by atoms with Crippen LogP contribution in [0.15, 0.2) is 30.3 Å². The van der Waals surface area contributed by atoms with Crippen molar-refractivity contribution in [3.8, 4) is 0 Å². The molecule has 1 saturated heterocycles. The molecule has 1 aliphatic rings. The van der Waals surface area contributed by atoms with E-state index in [0.29, 0.717) is 32.4 Å². The lowest BCUT2D eigenvalue weighted by molar-refractivity contribution is -0.119. The molecule has 0 spiro atoms. The molecule has 1 aromatic rings. The first kappa shape index (κ1) is 17.0. The minimum atomic E-state index is -3.18. The van der Waals surface area contributed by atoms with Crippen LogP contribution in [-0.4, -0.2) is 43.5 Å². The molecule has 22 heavy (non-hydrogen) atoms. The molecule has 0 radical (unpaired) electrons. The van der Waals surface area contributed by atoms with Crippen LogP contribution in [0.4, 0.5) is 0 Å². The van der Waals surface area contributed by atoms with E-state index in [1.165, 1.54) is 12.5 Å². The number of benzene rings is 1. The number of nitrogens with zero attached hydrogens (tertiary/aromatic N) is 1. The second-order valence-electron chi connectivity index (χ2n) is 5.78. The van der Waals surface area contributed by atoms with Gasteiger partial charge in [0.2, 0.25) is 15.9 Å². The van der Waals surface area contributed by atoms with Crippen LogP contribution < -0.4 is 5.32 Å². The summed E-state index contributed by atoms with van der Waals surface area (Å²) in [6.07, 6.45) is 2.80. The molecule has 1 amide bonds. The Bertz CT molecular complexity index is 579. The lowest BCUT2D eigenvalue weighted by atomic mass is 10.1. The first-order chi connectivity index (χ1) is 10.5. The number of aryl methyl sites for hydroxylation is 1. The number of carbonyl (C=O) groups excluding carboxylic acids is 1. The van der Waals surface area contributed by atoms with Crippen LogP contribution in [0.2, 0.25) is 0 Å². The first-order valence-electron chi connectivity index (χ1n) is 7.76. The van der Waals surface area contributed by atoms with E-state index < -0.39 is 10.0 Å². The molecule has 1 fully saturated rings. The zero-order chi connectivity index (χ0) is 16.0. The minimum absolute atomic E-state index is 0.0517. The van der Waals surface area contributed by atoms with Crippen LogP contribution in [-0.2, 0) is 21.2 Å². The van der Waals surface area contributed by atoms with Gasteiger partial charge in [0.05, 0.1) is 5.75 Å². The summed E-state index contributed by atoms with van der Waals surface area (Å²) >= 11 is 0. The van der Waals surface area contributed by atoms with Gasteiger partial charge in [0.1, 0.15) is 0 Å². The fraction of sp³-hybridized carbons (Fsp3) is 0.562. The van der Waals surface area contributed by atoms with E-state index in [9.17, 15) is 13.2 Å². The maximum absolute atomic E-state index is 12.3. The molecule has 0 aliphatic carbocycles. The monoisotopic (exact) mass is 324 g/mol. The highest BCUT2D eigenvalue weighted by Gasteiger charge is 2.27. The van der Waals surface area contributed by atoms with Crippen LogP contribution in [0.25, 0.3) is 0 Å². The maximum atomic E-state index is 12.3. The molecule has 0 unspecified atom stereocenters. The number of sulfonamides is 1. The Morgan fingerprint density at radius 2 is 1.86 bits per heavy atom. The van der Waals surface area contributed by atoms with Gasteiger partial charge in [-0.15, -0.1) is 0 Å². The third-order valence-electron chi connectivity index (χ3n) is 3.97. The van der Waals surface area contributed by atoms with Crippen LogP contribution >= 0.6 is 0 Å². The Balaban J connectivity index is 1.78. The number of carbonyl (C=O) groups is 1. The van der Waals surface area contributed by atoms with Gasteiger partial charge in [-0.1, -0.05) is 30.3 Å². The molecule has 0 atom stereocenters. The summed E-state index contributed by atoms with van der Waals surface area (Å²) < 4.78 is 26.3. The van der Waals surface area contributed by atoms with Crippen molar-refractivity contribution >= 4 is 15.9 Å². The van der Waals surface area contributed by atoms with Crippen molar-refractivity contribution < 1.29 is 13.2 Å². The zero-order valence-electron chi connectivity index (χ0n) is 13.0. The molecular weight excluding hydrogens is 300 g/mol. The summed E-state index contributed by atoms with van der Waals surface area (Å²) in [7, 11) is -3.18. The normalized spacial score (nSPS) is 17.3. The number of hydrogen-bond donors (Lipinski definition) is 1. The zero-order valence-corrected chi connectivity index (χ0v) is 13.8. The number of hydrogen-bond acceptors (Lipinski definition) is 3. The fourth-order valence-corrected chi connectivity index (χ4v) is 4.33. The Morgan fingerprint density at radius 3 is 2.45 bits per heavy atom. The highest BCUT2D eigenvalue weighted by Crippen LogP contribution is 2.16. The molecule has 1 aliphatic heterocycles. The summed E-state index contributed by atoms with van der Waals surface area (Å²) in [6, 6.07) is 10.0. The molecular formula is C16H24N2O3S. The molecule has 122 valence electrons. The van der Waals surface area contributed by atoms with Crippen molar-refractivity contribution in [2.45, 2.75) is 38.6 Å². The van der Waals surface area contributed by atoms with Gasteiger partial charge < -0.3 is 5.32 Å². The molecule has 2 rings (SSSR count). The lowest BCUT2D eigenvalue weighted by Gasteiger charge is -2.31. The van der Waals surface area contributed by atoms with Crippen molar-refractivity contribution in [2.24, 2.45) is 0 Å². The standard InChI is InChI=1S/C16H24N2O3S/c1-14(19)17-16-9-11-18(12-10-16)22(20,21)13-5-8-15-6-3-2-4-7-15/h2-4,6-7,16H,5,8-13H2,1H3,(H,17,19). The second-order valence-corrected chi connectivity index (χ2v) is 7.87. The lowest BCUT2D eigenvalue weighted by Crippen LogP contribution is -2.46. The quantitative estimate of drug-likeness (QED) is 0.863. The first-order valence-corrected chi connectivity index (χ1v) is 9.37. The van der Waals surface area contributed by atoms with E-state index in [1.54, 1.807) is 4.31 Å². The molecule has 1 N–H and O–H groups in total. The van der Waals surface area contributed by atoms with E-state index in [2.05, 4.69) is 5.32 Å². The van der Waals surface area contributed by atoms with Gasteiger partial charge >= 0.3 is 0 Å². The van der Waals surface area contributed by atoms with Gasteiger partial charge in [-0.05, 0) is 31.2 Å². The van der Waals surface area contributed by atoms with E-state index in [-0.39, 0.29) is 17.7 Å². The average Bonchev–Trinajstić information content (AvgIpc) is 2.48. The molecule has 5 nitrogen and oxygen atoms in total. The summed E-state index contributed by atoms with van der Waals surface area (Å²) in [6.45, 7) is 2.49. The minimum Gasteiger partial charge on any atom is -0.354 e. The Labute approximate surface area is 132 Å². The van der Waals surface area contributed by atoms with Gasteiger partial charge in [-0.2, -0.15) is 0 Å². The van der Waals surface area contributed by atoms with E-state index in [4.69, 9.17) is 0 Å². The average molecular weight is 324 g/mol. The molecule has 0 bridgehead atoms. The van der Waals surface area contributed by atoms with Gasteiger partial charge in [0.25, 0.3) is 0 Å². The van der Waals surface area contributed by atoms with Gasteiger partial charge in [-0.3, -0.25) is 4.79 Å². The second kappa shape index (κ2) is 7.74. The van der Waals surface area contributed by atoms with E-state index in [1.807, 2.05) is 30.3 Å². The van der Waals surface area contributed by atoms with Gasteiger partial charge in [0.15, 0.2) is 0 Å². The smallest absolute Gasteiger partial charge is 0.217 e. The van der Waals surface area contributed by atoms with Crippen LogP contribution in [0.5, 0.6) is 0 Å². The van der Waals surface area contributed by atoms with Crippen LogP contribution in [0.3, 0.4) is 0 Å². The van der Waals surface area contributed by atoms with E-state index >= 15 is 0 Å². The predicted molar refractivity (Wildman–Crippen MR) is 87.0 cm³/mol. The van der Waals surface area contributed by atoms with Crippen molar-refractivity contribution in [3.05, 3.63) is 35.9 Å². The third-order valence-corrected chi connectivity index (χ3v) is 5.92. The fourth-order valence-electron chi connectivity index (χ4n) is 2.80. The maximum Gasteiger partial charge on any atom is 0.217 e. The number of amides is 1. The predicted octanol–water partition coefficient (Wildman–Crippen LogP) is 1.55. The summed E-state index contributed by atoms with van der Waals surface area (Å²) in [5, 5.41) is 2.86.